The Morgan fingerprint density at radius 2 is 1.76 bits per heavy atom. The number of hydrogen-bond donors (Lipinski definition) is 2. The molecule has 3 aromatic carbocycles. The molecule has 0 aliphatic carbocycles. The first-order chi connectivity index (χ1) is 23.6. The molecule has 2 aliphatic rings. The number of amides is 2. The fraction of sp³-hybridized carbons (Fsp3) is 0.371. The molecule has 2 amide bonds. The van der Waals surface area contributed by atoms with E-state index in [0.29, 0.717) is 23.5 Å². The van der Waals surface area contributed by atoms with Gasteiger partial charge in [-0.1, -0.05) is 95.9 Å². The molecule has 1 aromatic heterocycles. The van der Waals surface area contributed by atoms with Gasteiger partial charge in [0.2, 0.25) is 5.91 Å². The van der Waals surface area contributed by atoms with Gasteiger partial charge >= 0.3 is 12.1 Å². The van der Waals surface area contributed by atoms with E-state index >= 15 is 0 Å². The average Bonchev–Trinajstić information content (AvgIpc) is 3.78. The summed E-state index contributed by atoms with van der Waals surface area (Å²) < 4.78 is 53.0. The van der Waals surface area contributed by atoms with Gasteiger partial charge in [-0.15, -0.1) is 10.2 Å². The molecule has 0 radical (unpaired) electrons. The van der Waals surface area contributed by atoms with Gasteiger partial charge in [0, 0.05) is 30.8 Å². The molecule has 2 saturated heterocycles. The molecular formula is C35H35F3N4O5S2. The third-order valence-electron chi connectivity index (χ3n) is 8.54. The predicted octanol–water partition coefficient (Wildman–Crippen LogP) is 6.51. The number of alkyl halides is 3. The second-order valence-corrected chi connectivity index (χ2v) is 14.3. The second kappa shape index (κ2) is 15.4. The normalized spacial score (nSPS) is 21.1. The first-order valence-corrected chi connectivity index (χ1v) is 17.7. The summed E-state index contributed by atoms with van der Waals surface area (Å²) in [7, 11) is 0. The molecular weight excluding hydrogens is 678 g/mol. The molecule has 9 nitrogen and oxygen atoms in total. The van der Waals surface area contributed by atoms with Gasteiger partial charge in [-0.2, -0.15) is 13.2 Å². The first kappa shape index (κ1) is 35.0. The molecule has 2 fully saturated rings. The zero-order valence-electron chi connectivity index (χ0n) is 26.6. The zero-order chi connectivity index (χ0) is 34.5. The van der Waals surface area contributed by atoms with Crippen LogP contribution in [0.1, 0.15) is 58.9 Å². The second-order valence-electron chi connectivity index (χ2n) is 11.9. The van der Waals surface area contributed by atoms with Gasteiger partial charge in [-0.25, -0.2) is 0 Å². The molecule has 2 N–H and O–H groups in total. The third kappa shape index (κ3) is 8.50. The number of halogens is 3. The number of ether oxygens (including phenoxy) is 2. The fourth-order valence-corrected chi connectivity index (χ4v) is 7.90. The number of aromatic nitrogens is 2. The lowest BCUT2D eigenvalue weighted by Gasteiger charge is -2.36. The van der Waals surface area contributed by atoms with E-state index in [0.717, 1.165) is 42.7 Å². The van der Waals surface area contributed by atoms with Crippen molar-refractivity contribution < 1.29 is 37.3 Å². The Bertz CT molecular complexity index is 1750. The van der Waals surface area contributed by atoms with E-state index in [9.17, 15) is 27.9 Å². The van der Waals surface area contributed by atoms with Crippen LogP contribution in [0.15, 0.2) is 77.1 Å². The van der Waals surface area contributed by atoms with Crippen LogP contribution >= 0.6 is 23.1 Å². The summed E-state index contributed by atoms with van der Waals surface area (Å²) in [5.41, 5.74) is 5.12. The SMILES string of the molecule is Cc1nnc(SC[C@@H]2C[C@H](c3ccc(CO)cc3)O[C@H](c3ccc(-c4ccccc4CNC(=O)[C@@H]4CCCN4C(=O)C(F)(F)F)cc3)O2)s1. The molecule has 0 bridgehead atoms. The molecule has 6 rings (SSSR count). The minimum atomic E-state index is -5.03. The van der Waals surface area contributed by atoms with Gasteiger partial charge in [0.25, 0.3) is 0 Å². The Labute approximate surface area is 289 Å². The van der Waals surface area contributed by atoms with Gasteiger partial charge in [-0.3, -0.25) is 9.59 Å². The maximum Gasteiger partial charge on any atom is 0.471 e. The first-order valence-electron chi connectivity index (χ1n) is 15.9. The summed E-state index contributed by atoms with van der Waals surface area (Å²) in [5, 5.41) is 21.5. The van der Waals surface area contributed by atoms with Crippen LogP contribution in [0.4, 0.5) is 13.2 Å². The van der Waals surface area contributed by atoms with Crippen molar-refractivity contribution in [3.63, 3.8) is 0 Å². The van der Waals surface area contributed by atoms with E-state index in [1.165, 1.54) is 11.3 Å². The minimum Gasteiger partial charge on any atom is -0.392 e. The summed E-state index contributed by atoms with van der Waals surface area (Å²) in [6.07, 6.45) is -4.90. The third-order valence-corrected chi connectivity index (χ3v) is 10.6. The highest BCUT2D eigenvalue weighted by Gasteiger charge is 2.47. The van der Waals surface area contributed by atoms with Gasteiger partial charge in [0.15, 0.2) is 10.6 Å². The summed E-state index contributed by atoms with van der Waals surface area (Å²) in [5.74, 6) is -1.93. The number of likely N-dealkylation sites (tertiary alicyclic amines) is 1. The lowest BCUT2D eigenvalue weighted by Crippen LogP contribution is -2.50. The summed E-state index contributed by atoms with van der Waals surface area (Å²) in [6.45, 7) is 1.86. The van der Waals surface area contributed by atoms with Crippen molar-refractivity contribution in [3.8, 4) is 11.1 Å². The highest BCUT2D eigenvalue weighted by molar-refractivity contribution is 8.01. The summed E-state index contributed by atoms with van der Waals surface area (Å²) in [4.78, 5) is 25.4. The Morgan fingerprint density at radius 1 is 1.02 bits per heavy atom. The Balaban J connectivity index is 1.15. The topological polar surface area (TPSA) is 114 Å². The van der Waals surface area contributed by atoms with Crippen LogP contribution in [-0.4, -0.2) is 62.6 Å². The molecule has 0 spiro atoms. The number of aryl methyl sites for hydroxylation is 1. The minimum absolute atomic E-state index is 0.0397. The van der Waals surface area contributed by atoms with Crippen LogP contribution in [0, 0.1) is 6.92 Å². The largest absolute Gasteiger partial charge is 0.471 e. The van der Waals surface area contributed by atoms with Crippen LogP contribution in [0.25, 0.3) is 11.1 Å². The van der Waals surface area contributed by atoms with Crippen LogP contribution < -0.4 is 5.32 Å². The summed E-state index contributed by atoms with van der Waals surface area (Å²) in [6, 6.07) is 21.8. The van der Waals surface area contributed by atoms with Gasteiger partial charge in [0.05, 0.1) is 18.8 Å². The molecule has 0 saturated carbocycles. The number of carbonyl (C=O) groups excluding carboxylic acids is 2. The monoisotopic (exact) mass is 712 g/mol. The fourth-order valence-electron chi connectivity index (χ4n) is 6.04. The maximum absolute atomic E-state index is 13.1. The molecule has 49 heavy (non-hydrogen) atoms. The Hall–Kier alpha value is -3.82. The number of aliphatic hydroxyl groups excluding tert-OH is 1. The van der Waals surface area contributed by atoms with E-state index in [4.69, 9.17) is 9.47 Å². The van der Waals surface area contributed by atoms with Gasteiger partial charge < -0.3 is 24.8 Å². The maximum atomic E-state index is 13.1. The lowest BCUT2D eigenvalue weighted by atomic mass is 9.97. The highest BCUT2D eigenvalue weighted by atomic mass is 32.2. The highest BCUT2D eigenvalue weighted by Crippen LogP contribution is 2.40. The zero-order valence-corrected chi connectivity index (χ0v) is 28.2. The van der Waals surface area contributed by atoms with Crippen LogP contribution in [-0.2, 0) is 32.2 Å². The van der Waals surface area contributed by atoms with E-state index in [1.54, 1.807) is 11.8 Å². The number of rotatable bonds is 10. The smallest absolute Gasteiger partial charge is 0.392 e. The van der Waals surface area contributed by atoms with Crippen molar-refractivity contribution in [3.05, 3.63) is 100 Å². The number of nitrogens with zero attached hydrogens (tertiary/aromatic N) is 3. The van der Waals surface area contributed by atoms with Crippen molar-refractivity contribution in [1.29, 1.82) is 0 Å². The van der Waals surface area contributed by atoms with E-state index in [1.807, 2.05) is 79.7 Å². The van der Waals surface area contributed by atoms with E-state index in [2.05, 4.69) is 15.5 Å². The molecule has 3 heterocycles. The predicted molar refractivity (Wildman–Crippen MR) is 178 cm³/mol. The molecule has 2 aliphatic heterocycles. The number of benzene rings is 3. The van der Waals surface area contributed by atoms with Crippen LogP contribution in [0.3, 0.4) is 0 Å². The number of carbonyl (C=O) groups is 2. The van der Waals surface area contributed by atoms with Crippen molar-refractivity contribution in [1.82, 2.24) is 20.4 Å². The molecule has 14 heteroatoms. The number of hydrogen-bond acceptors (Lipinski definition) is 9. The van der Waals surface area contributed by atoms with Gasteiger partial charge in [-0.05, 0) is 47.6 Å². The molecule has 0 unspecified atom stereocenters. The van der Waals surface area contributed by atoms with Crippen LogP contribution in [0.2, 0.25) is 0 Å². The standard InChI is InChI=1S/C35H35F3N4O5S2/c1-21-40-41-34(49-21)48-20-27-17-30(24-10-8-22(19-43)9-11-24)47-32(46-27)25-14-12-23(13-15-25)28-6-3-2-5-26(28)18-39-31(44)29-7-4-16-42(29)33(45)35(36,37)38/h2-3,5-6,8-15,27,29-30,32,43H,4,7,16-20H2,1H3,(H,39,44)/t27-,29-,30+,32+/m0/s1. The molecule has 258 valence electrons. The Morgan fingerprint density at radius 3 is 2.45 bits per heavy atom. The Kier molecular flexibility index (Phi) is 11.0. The van der Waals surface area contributed by atoms with Crippen molar-refractivity contribution in [2.24, 2.45) is 0 Å². The van der Waals surface area contributed by atoms with E-state index < -0.39 is 30.3 Å². The van der Waals surface area contributed by atoms with Crippen molar-refractivity contribution >= 4 is 34.9 Å². The molecule has 4 atom stereocenters. The van der Waals surface area contributed by atoms with Gasteiger partial charge in [0.1, 0.15) is 11.0 Å². The summed E-state index contributed by atoms with van der Waals surface area (Å²) >= 11 is 3.14. The number of nitrogens with one attached hydrogen (secondary N) is 1. The lowest BCUT2D eigenvalue weighted by molar-refractivity contribution is -0.245. The molecule has 4 aromatic rings. The van der Waals surface area contributed by atoms with Crippen molar-refractivity contribution in [2.75, 3.05) is 12.3 Å². The quantitative estimate of drug-likeness (QED) is 0.179. The number of thioether (sulfide) groups is 1. The number of aliphatic hydroxyl groups is 1. The van der Waals surface area contributed by atoms with Crippen LogP contribution in [0.5, 0.6) is 0 Å². The van der Waals surface area contributed by atoms with E-state index in [-0.39, 0.29) is 38.3 Å². The average molecular weight is 713 g/mol. The van der Waals surface area contributed by atoms with Crippen molar-refractivity contribution in [2.45, 2.75) is 74.4 Å².